The molecule has 3 saturated carbocycles. The van der Waals surface area contributed by atoms with Gasteiger partial charge in [-0.2, -0.15) is 0 Å². The number of nitrogens with two attached hydrogens (primary N) is 1. The Kier molecular flexibility index (Phi) is 3.92. The fourth-order valence-corrected chi connectivity index (χ4v) is 5.52. The van der Waals surface area contributed by atoms with Crippen molar-refractivity contribution in [3.05, 3.63) is 0 Å². The lowest BCUT2D eigenvalue weighted by atomic mass is 9.71. The summed E-state index contributed by atoms with van der Waals surface area (Å²) in [6.45, 7) is 0. The van der Waals surface area contributed by atoms with Crippen molar-refractivity contribution >= 4 is 0 Å². The molecule has 19 heavy (non-hydrogen) atoms. The first kappa shape index (κ1) is 13.9. The van der Waals surface area contributed by atoms with Gasteiger partial charge in [0.2, 0.25) is 0 Å². The van der Waals surface area contributed by atoms with Crippen molar-refractivity contribution in [2.45, 2.75) is 75.8 Å². The van der Waals surface area contributed by atoms with Gasteiger partial charge in [-0.15, -0.1) is 0 Å². The van der Waals surface area contributed by atoms with Crippen molar-refractivity contribution in [3.63, 3.8) is 0 Å². The third-order valence-electron chi connectivity index (χ3n) is 6.74. The van der Waals surface area contributed by atoms with E-state index in [4.69, 9.17) is 5.73 Å². The normalized spacial score (nSPS) is 38.8. The Morgan fingerprint density at radius 2 is 1.84 bits per heavy atom. The van der Waals surface area contributed by atoms with Crippen molar-refractivity contribution in [2.24, 2.45) is 23.5 Å². The second-order valence-electron chi connectivity index (χ2n) is 7.84. The number of rotatable bonds is 4. The molecule has 0 aromatic carbocycles. The van der Waals surface area contributed by atoms with E-state index in [2.05, 4.69) is 19.0 Å². The van der Waals surface area contributed by atoms with Gasteiger partial charge in [-0.3, -0.25) is 0 Å². The summed E-state index contributed by atoms with van der Waals surface area (Å²) in [6.07, 6.45) is 14.1. The van der Waals surface area contributed by atoms with Crippen LogP contribution in [-0.2, 0) is 0 Å². The largest absolute Gasteiger partial charge is 0.326 e. The minimum Gasteiger partial charge on any atom is -0.326 e. The summed E-state index contributed by atoms with van der Waals surface area (Å²) in [5.41, 5.74) is 7.06. The molecule has 0 amide bonds. The molecule has 110 valence electrons. The zero-order valence-corrected chi connectivity index (χ0v) is 12.9. The van der Waals surface area contributed by atoms with Gasteiger partial charge < -0.3 is 10.6 Å². The summed E-state index contributed by atoms with van der Waals surface area (Å²) in [5, 5.41) is 0. The lowest BCUT2D eigenvalue weighted by Gasteiger charge is -2.48. The second kappa shape index (κ2) is 5.37. The molecule has 3 aliphatic carbocycles. The molecule has 0 aromatic heterocycles. The zero-order chi connectivity index (χ0) is 13.5. The second-order valence-corrected chi connectivity index (χ2v) is 7.84. The van der Waals surface area contributed by atoms with Gasteiger partial charge in [-0.1, -0.05) is 25.7 Å². The maximum absolute atomic E-state index is 6.75. The predicted molar refractivity (Wildman–Crippen MR) is 81.0 cm³/mol. The van der Waals surface area contributed by atoms with Crippen LogP contribution in [0, 0.1) is 17.8 Å². The van der Waals surface area contributed by atoms with Gasteiger partial charge in [-0.05, 0) is 70.4 Å². The van der Waals surface area contributed by atoms with Gasteiger partial charge in [0.15, 0.2) is 0 Å². The quantitative estimate of drug-likeness (QED) is 0.843. The summed E-state index contributed by atoms with van der Waals surface area (Å²) in [4.78, 5) is 2.46. The van der Waals surface area contributed by atoms with Crippen LogP contribution in [0.2, 0.25) is 0 Å². The zero-order valence-electron chi connectivity index (χ0n) is 12.9. The molecular weight excluding hydrogens is 232 g/mol. The third-order valence-corrected chi connectivity index (χ3v) is 6.74. The Bertz CT molecular complexity index is 306. The Hall–Kier alpha value is -0.0800. The maximum Gasteiger partial charge on any atom is 0.0354 e. The predicted octanol–water partition coefficient (Wildman–Crippen LogP) is 3.40. The summed E-state index contributed by atoms with van der Waals surface area (Å²) in [6, 6.07) is 0.396. The minimum atomic E-state index is 0.306. The van der Waals surface area contributed by atoms with Crippen LogP contribution in [0.1, 0.15) is 64.2 Å². The number of likely N-dealkylation sites (N-methyl/N-ethyl adjacent to an activating group) is 1. The van der Waals surface area contributed by atoms with E-state index in [1.165, 1.54) is 64.2 Å². The van der Waals surface area contributed by atoms with Gasteiger partial charge in [0, 0.05) is 11.6 Å². The molecule has 2 N–H and O–H groups in total. The van der Waals surface area contributed by atoms with Crippen molar-refractivity contribution in [1.82, 2.24) is 4.90 Å². The Labute approximate surface area is 119 Å². The summed E-state index contributed by atoms with van der Waals surface area (Å²) >= 11 is 0. The van der Waals surface area contributed by atoms with Crippen LogP contribution in [-0.4, -0.2) is 30.6 Å². The van der Waals surface area contributed by atoms with E-state index in [-0.39, 0.29) is 0 Å². The van der Waals surface area contributed by atoms with Gasteiger partial charge in [0.1, 0.15) is 0 Å². The summed E-state index contributed by atoms with van der Waals surface area (Å²) in [5.74, 6) is 3.04. The first-order chi connectivity index (χ1) is 9.12. The van der Waals surface area contributed by atoms with E-state index in [0.717, 1.165) is 17.8 Å². The molecule has 0 radical (unpaired) electrons. The molecule has 4 atom stereocenters. The van der Waals surface area contributed by atoms with Crippen LogP contribution < -0.4 is 5.73 Å². The fraction of sp³-hybridized carbons (Fsp3) is 1.00. The van der Waals surface area contributed by atoms with E-state index >= 15 is 0 Å². The van der Waals surface area contributed by atoms with Gasteiger partial charge in [0.25, 0.3) is 0 Å². The van der Waals surface area contributed by atoms with Crippen molar-refractivity contribution in [1.29, 1.82) is 0 Å². The third kappa shape index (κ3) is 2.47. The molecule has 3 rings (SSSR count). The molecule has 0 aromatic rings. The van der Waals surface area contributed by atoms with E-state index in [0.29, 0.717) is 11.6 Å². The molecule has 2 heteroatoms. The average molecular weight is 264 g/mol. The smallest absolute Gasteiger partial charge is 0.0354 e. The first-order valence-corrected chi connectivity index (χ1v) is 8.55. The molecule has 3 aliphatic rings. The number of hydrogen-bond donors (Lipinski definition) is 1. The molecule has 0 saturated heterocycles. The van der Waals surface area contributed by atoms with Crippen LogP contribution in [0.3, 0.4) is 0 Å². The van der Waals surface area contributed by atoms with Gasteiger partial charge >= 0.3 is 0 Å². The Balaban J connectivity index is 1.65. The Morgan fingerprint density at radius 3 is 2.37 bits per heavy atom. The van der Waals surface area contributed by atoms with Crippen LogP contribution in [0.25, 0.3) is 0 Å². The number of nitrogens with zero attached hydrogens (tertiary/aromatic N) is 1. The highest BCUT2D eigenvalue weighted by atomic mass is 15.2. The highest BCUT2D eigenvalue weighted by Crippen LogP contribution is 2.51. The van der Waals surface area contributed by atoms with Crippen LogP contribution in [0.4, 0.5) is 0 Å². The first-order valence-electron chi connectivity index (χ1n) is 8.55. The van der Waals surface area contributed by atoms with E-state index < -0.39 is 0 Å². The molecule has 0 spiro atoms. The molecular formula is C17H32N2. The monoisotopic (exact) mass is 264 g/mol. The maximum atomic E-state index is 6.75. The van der Waals surface area contributed by atoms with E-state index in [1.807, 2.05) is 0 Å². The van der Waals surface area contributed by atoms with Crippen molar-refractivity contribution in [3.8, 4) is 0 Å². The van der Waals surface area contributed by atoms with E-state index in [1.54, 1.807) is 0 Å². The fourth-order valence-electron chi connectivity index (χ4n) is 5.52. The highest BCUT2D eigenvalue weighted by Gasteiger charge is 2.45. The van der Waals surface area contributed by atoms with E-state index in [9.17, 15) is 0 Å². The Morgan fingerprint density at radius 1 is 1.11 bits per heavy atom. The molecule has 0 heterocycles. The van der Waals surface area contributed by atoms with Crippen molar-refractivity contribution < 1.29 is 0 Å². The van der Waals surface area contributed by atoms with Crippen molar-refractivity contribution in [2.75, 3.05) is 14.1 Å². The standard InChI is InChI=1S/C17H32N2/c1-19(2)17(8-4-3-5-9-17)16(18)12-15-11-13-6-7-14(15)10-13/h13-16H,3-12,18H2,1-2H3. The minimum absolute atomic E-state index is 0.306. The molecule has 0 aliphatic heterocycles. The molecule has 4 unspecified atom stereocenters. The number of hydrogen-bond acceptors (Lipinski definition) is 2. The lowest BCUT2D eigenvalue weighted by molar-refractivity contribution is 0.0579. The summed E-state index contributed by atoms with van der Waals surface area (Å²) < 4.78 is 0. The lowest BCUT2D eigenvalue weighted by Crippen LogP contribution is -2.59. The molecule has 3 fully saturated rings. The topological polar surface area (TPSA) is 29.3 Å². The average Bonchev–Trinajstić information content (AvgIpc) is 3.01. The number of fused-ring (bicyclic) bond motifs is 2. The van der Waals surface area contributed by atoms with Gasteiger partial charge in [0.05, 0.1) is 0 Å². The van der Waals surface area contributed by atoms with Crippen LogP contribution in [0.15, 0.2) is 0 Å². The van der Waals surface area contributed by atoms with Crippen LogP contribution >= 0.6 is 0 Å². The molecule has 2 bridgehead atoms. The molecule has 2 nitrogen and oxygen atoms in total. The summed E-state index contributed by atoms with van der Waals surface area (Å²) in [7, 11) is 4.51. The highest BCUT2D eigenvalue weighted by molar-refractivity contribution is 5.02. The SMILES string of the molecule is CN(C)C1(C(N)CC2CC3CCC2C3)CCCCC1. The van der Waals surface area contributed by atoms with Gasteiger partial charge in [-0.25, -0.2) is 0 Å². The van der Waals surface area contributed by atoms with Crippen LogP contribution in [0.5, 0.6) is 0 Å².